The minimum atomic E-state index is 0.690. The zero-order chi connectivity index (χ0) is 16.0. The van der Waals surface area contributed by atoms with Crippen molar-refractivity contribution in [2.45, 2.75) is 52.5 Å². The quantitative estimate of drug-likeness (QED) is 0.930. The molecule has 4 rings (SSSR count). The maximum Gasteiger partial charge on any atom is 0.141 e. The smallest absolute Gasteiger partial charge is 0.141 e. The number of hydrogen-bond acceptors (Lipinski definition) is 5. The largest absolute Gasteiger partial charge is 0.356 e. The molecule has 2 aliphatic rings. The van der Waals surface area contributed by atoms with Gasteiger partial charge in [-0.2, -0.15) is 0 Å². The fourth-order valence-electron chi connectivity index (χ4n) is 3.51. The van der Waals surface area contributed by atoms with E-state index >= 15 is 0 Å². The van der Waals surface area contributed by atoms with E-state index in [0.29, 0.717) is 6.04 Å². The van der Waals surface area contributed by atoms with E-state index in [1.807, 2.05) is 6.92 Å². The zero-order valence-corrected chi connectivity index (χ0v) is 15.2. The molecule has 2 aromatic rings. The van der Waals surface area contributed by atoms with Crippen LogP contribution in [0.2, 0.25) is 0 Å². The van der Waals surface area contributed by atoms with E-state index in [1.54, 1.807) is 11.3 Å². The maximum absolute atomic E-state index is 4.81. The summed E-state index contributed by atoms with van der Waals surface area (Å²) >= 11 is 1.80. The summed E-state index contributed by atoms with van der Waals surface area (Å²) in [5.41, 5.74) is 1.36. The summed E-state index contributed by atoms with van der Waals surface area (Å²) in [5.74, 6) is 3.02. The standard InChI is InChI=1S/C18H26N4S/c1-11-12(2)23-18-16(11)17(20-13(3)21-18)22-8-6-15(7-9-22)19-10-14-4-5-14/h14-15,19H,4-10H2,1-3H3. The maximum atomic E-state index is 4.81. The Morgan fingerprint density at radius 3 is 2.52 bits per heavy atom. The molecule has 5 heteroatoms. The van der Waals surface area contributed by atoms with Gasteiger partial charge in [0, 0.05) is 24.0 Å². The minimum absolute atomic E-state index is 0.690. The Labute approximate surface area is 142 Å². The van der Waals surface area contributed by atoms with Gasteiger partial charge in [0.25, 0.3) is 0 Å². The van der Waals surface area contributed by atoms with Crippen molar-refractivity contribution in [2.24, 2.45) is 5.92 Å². The molecule has 1 saturated carbocycles. The number of thiophene rings is 1. The summed E-state index contributed by atoms with van der Waals surface area (Å²) in [6.07, 6.45) is 5.31. The van der Waals surface area contributed by atoms with Crippen LogP contribution in [0.1, 0.15) is 41.9 Å². The molecule has 4 nitrogen and oxygen atoms in total. The van der Waals surface area contributed by atoms with Crippen molar-refractivity contribution in [2.75, 3.05) is 24.5 Å². The highest BCUT2D eigenvalue weighted by molar-refractivity contribution is 7.18. The monoisotopic (exact) mass is 330 g/mol. The summed E-state index contributed by atoms with van der Waals surface area (Å²) in [5, 5.41) is 5.04. The molecule has 0 spiro atoms. The van der Waals surface area contributed by atoms with Crippen molar-refractivity contribution in [3.8, 4) is 0 Å². The second kappa shape index (κ2) is 6.02. The Bertz CT molecular complexity index is 711. The van der Waals surface area contributed by atoms with E-state index in [-0.39, 0.29) is 0 Å². The van der Waals surface area contributed by atoms with E-state index in [2.05, 4.69) is 29.0 Å². The van der Waals surface area contributed by atoms with Gasteiger partial charge in [0.05, 0.1) is 5.39 Å². The van der Waals surface area contributed by atoms with Crippen LogP contribution in [0.3, 0.4) is 0 Å². The number of nitrogens with zero attached hydrogens (tertiary/aromatic N) is 3. The molecule has 1 aliphatic carbocycles. The van der Waals surface area contributed by atoms with Gasteiger partial charge in [-0.15, -0.1) is 11.3 Å². The number of hydrogen-bond donors (Lipinski definition) is 1. The van der Waals surface area contributed by atoms with Gasteiger partial charge in [0.15, 0.2) is 0 Å². The third-order valence-corrected chi connectivity index (χ3v) is 6.41. The highest BCUT2D eigenvalue weighted by Gasteiger charge is 2.26. The molecule has 23 heavy (non-hydrogen) atoms. The number of nitrogens with one attached hydrogen (secondary N) is 1. The lowest BCUT2D eigenvalue weighted by Gasteiger charge is -2.34. The molecule has 1 aliphatic heterocycles. The molecule has 2 aromatic heterocycles. The van der Waals surface area contributed by atoms with Crippen LogP contribution in [0.25, 0.3) is 10.2 Å². The van der Waals surface area contributed by atoms with Crippen molar-refractivity contribution in [1.29, 1.82) is 0 Å². The molecular formula is C18H26N4S. The van der Waals surface area contributed by atoms with Crippen molar-refractivity contribution in [3.05, 3.63) is 16.3 Å². The molecule has 2 fully saturated rings. The topological polar surface area (TPSA) is 41.1 Å². The van der Waals surface area contributed by atoms with Crippen molar-refractivity contribution in [3.63, 3.8) is 0 Å². The first-order valence-corrected chi connectivity index (χ1v) is 9.66. The van der Waals surface area contributed by atoms with Crippen molar-refractivity contribution < 1.29 is 0 Å². The number of aryl methyl sites for hydroxylation is 3. The number of aromatic nitrogens is 2. The number of rotatable bonds is 4. The van der Waals surface area contributed by atoms with Gasteiger partial charge < -0.3 is 10.2 Å². The van der Waals surface area contributed by atoms with Crippen LogP contribution >= 0.6 is 11.3 Å². The summed E-state index contributed by atoms with van der Waals surface area (Å²) in [4.78, 5) is 14.5. The summed E-state index contributed by atoms with van der Waals surface area (Å²) in [7, 11) is 0. The molecule has 0 atom stereocenters. The highest BCUT2D eigenvalue weighted by atomic mass is 32.1. The lowest BCUT2D eigenvalue weighted by atomic mass is 10.0. The molecule has 0 unspecified atom stereocenters. The predicted molar refractivity (Wildman–Crippen MR) is 97.6 cm³/mol. The fourth-order valence-corrected chi connectivity index (χ4v) is 4.58. The molecule has 0 amide bonds. The number of fused-ring (bicyclic) bond motifs is 1. The van der Waals surface area contributed by atoms with Gasteiger partial charge in [-0.3, -0.25) is 0 Å². The minimum Gasteiger partial charge on any atom is -0.356 e. The van der Waals surface area contributed by atoms with Gasteiger partial charge in [0.2, 0.25) is 0 Å². The Morgan fingerprint density at radius 1 is 1.09 bits per heavy atom. The second-order valence-corrected chi connectivity index (χ2v) is 8.37. The van der Waals surface area contributed by atoms with Crippen LogP contribution in [0.5, 0.6) is 0 Å². The average molecular weight is 331 g/mol. The first kappa shape index (κ1) is 15.3. The lowest BCUT2D eigenvalue weighted by molar-refractivity contribution is 0.408. The average Bonchev–Trinajstić information content (AvgIpc) is 3.32. The SMILES string of the molecule is Cc1nc(N2CCC(NCC3CC3)CC2)c2c(C)c(C)sc2n1. The number of anilines is 1. The molecule has 124 valence electrons. The van der Waals surface area contributed by atoms with Crippen LogP contribution in [-0.2, 0) is 0 Å². The van der Waals surface area contributed by atoms with Gasteiger partial charge in [-0.1, -0.05) is 0 Å². The lowest BCUT2D eigenvalue weighted by Crippen LogP contribution is -2.43. The number of piperidine rings is 1. The highest BCUT2D eigenvalue weighted by Crippen LogP contribution is 2.36. The Morgan fingerprint density at radius 2 is 1.83 bits per heavy atom. The normalized spacial score (nSPS) is 19.7. The van der Waals surface area contributed by atoms with E-state index in [4.69, 9.17) is 4.98 Å². The Hall–Kier alpha value is -1.20. The van der Waals surface area contributed by atoms with Gasteiger partial charge in [-0.25, -0.2) is 9.97 Å². The van der Waals surface area contributed by atoms with Crippen molar-refractivity contribution >= 4 is 27.4 Å². The Kier molecular flexibility index (Phi) is 4.01. The third-order valence-electron chi connectivity index (χ3n) is 5.31. The van der Waals surface area contributed by atoms with E-state index < -0.39 is 0 Å². The summed E-state index contributed by atoms with van der Waals surface area (Å²) in [6.45, 7) is 9.83. The molecule has 3 heterocycles. The molecule has 0 bridgehead atoms. The van der Waals surface area contributed by atoms with E-state index in [0.717, 1.165) is 35.5 Å². The predicted octanol–water partition coefficient (Wildman–Crippen LogP) is 3.58. The molecule has 1 saturated heterocycles. The van der Waals surface area contributed by atoms with E-state index in [1.165, 1.54) is 48.1 Å². The summed E-state index contributed by atoms with van der Waals surface area (Å²) in [6, 6.07) is 0.690. The van der Waals surface area contributed by atoms with Gasteiger partial charge in [-0.05, 0) is 64.5 Å². The molecule has 0 radical (unpaired) electrons. The first-order chi connectivity index (χ1) is 11.1. The molecular weight excluding hydrogens is 304 g/mol. The second-order valence-electron chi connectivity index (χ2n) is 7.17. The van der Waals surface area contributed by atoms with Crippen LogP contribution in [0, 0.1) is 26.7 Å². The molecule has 0 aromatic carbocycles. The first-order valence-electron chi connectivity index (χ1n) is 8.84. The van der Waals surface area contributed by atoms with Crippen LogP contribution in [0.4, 0.5) is 5.82 Å². The zero-order valence-electron chi connectivity index (χ0n) is 14.4. The third kappa shape index (κ3) is 3.09. The summed E-state index contributed by atoms with van der Waals surface area (Å²) < 4.78 is 0. The van der Waals surface area contributed by atoms with Crippen LogP contribution in [0.15, 0.2) is 0 Å². The van der Waals surface area contributed by atoms with Crippen LogP contribution in [-0.4, -0.2) is 35.6 Å². The Balaban J connectivity index is 1.53. The van der Waals surface area contributed by atoms with Crippen LogP contribution < -0.4 is 10.2 Å². The fraction of sp³-hybridized carbons (Fsp3) is 0.667. The molecule has 1 N–H and O–H groups in total. The van der Waals surface area contributed by atoms with Gasteiger partial charge >= 0.3 is 0 Å². The van der Waals surface area contributed by atoms with E-state index in [9.17, 15) is 0 Å². The van der Waals surface area contributed by atoms with Gasteiger partial charge in [0.1, 0.15) is 16.5 Å². The van der Waals surface area contributed by atoms with Crippen molar-refractivity contribution in [1.82, 2.24) is 15.3 Å².